The number of hydrogen-bond donors (Lipinski definition) is 1. The van der Waals surface area contributed by atoms with E-state index < -0.39 is 0 Å². The van der Waals surface area contributed by atoms with Crippen LogP contribution in [-0.4, -0.2) is 50.2 Å². The highest BCUT2D eigenvalue weighted by molar-refractivity contribution is 5.73. The van der Waals surface area contributed by atoms with Gasteiger partial charge < -0.3 is 10.2 Å². The number of aromatic nitrogens is 4. The molecule has 1 aliphatic rings. The van der Waals surface area contributed by atoms with Crippen LogP contribution in [0.3, 0.4) is 0 Å². The molecule has 0 bridgehead atoms. The Kier molecular flexibility index (Phi) is 5.01. The van der Waals surface area contributed by atoms with Gasteiger partial charge in [0.1, 0.15) is 0 Å². The Morgan fingerprint density at radius 1 is 1.40 bits per heavy atom. The number of carbonyl (C=O) groups is 1. The standard InChI is InChI=1S/C18H26N6O/c1-12-17(13(2)23(4)22-12)16-7-8-19-18(21-16)20-10-15-6-5-9-24(11-15)14(3)25/h7-8,15H,5-6,9-11H2,1-4H3,(H,19,20,21)/t15-/m0/s1. The zero-order chi connectivity index (χ0) is 18.0. The molecule has 0 unspecified atom stereocenters. The lowest BCUT2D eigenvalue weighted by Gasteiger charge is -2.32. The van der Waals surface area contributed by atoms with Gasteiger partial charge in [-0.1, -0.05) is 0 Å². The molecule has 3 rings (SSSR count). The fourth-order valence-electron chi connectivity index (χ4n) is 3.48. The normalized spacial score (nSPS) is 17.6. The molecule has 1 amide bonds. The van der Waals surface area contributed by atoms with Gasteiger partial charge in [0.05, 0.1) is 11.4 Å². The zero-order valence-electron chi connectivity index (χ0n) is 15.4. The first kappa shape index (κ1) is 17.4. The second kappa shape index (κ2) is 7.21. The SMILES string of the molecule is CC(=O)N1CCC[C@@H](CNc2nccc(-c3c(C)nn(C)c3C)n2)C1. The number of nitrogens with zero attached hydrogens (tertiary/aromatic N) is 5. The van der Waals surface area contributed by atoms with E-state index in [4.69, 9.17) is 0 Å². The number of carbonyl (C=O) groups excluding carboxylic acids is 1. The summed E-state index contributed by atoms with van der Waals surface area (Å²) in [6.07, 6.45) is 3.96. The van der Waals surface area contributed by atoms with E-state index >= 15 is 0 Å². The number of nitrogens with one attached hydrogen (secondary N) is 1. The summed E-state index contributed by atoms with van der Waals surface area (Å²) in [5.41, 5.74) is 4.00. The molecular formula is C18H26N6O. The van der Waals surface area contributed by atoms with Crippen LogP contribution >= 0.6 is 0 Å². The van der Waals surface area contributed by atoms with Gasteiger partial charge in [-0.25, -0.2) is 9.97 Å². The summed E-state index contributed by atoms with van der Waals surface area (Å²) in [5, 5.41) is 7.80. The third-order valence-corrected chi connectivity index (χ3v) is 4.93. The molecule has 0 saturated carbocycles. The molecular weight excluding hydrogens is 316 g/mol. The fraction of sp³-hybridized carbons (Fsp3) is 0.556. The minimum absolute atomic E-state index is 0.158. The van der Waals surface area contributed by atoms with Crippen LogP contribution in [0.2, 0.25) is 0 Å². The minimum atomic E-state index is 0.158. The van der Waals surface area contributed by atoms with Crippen LogP contribution in [0.5, 0.6) is 0 Å². The molecule has 1 atom stereocenters. The molecule has 0 aliphatic carbocycles. The largest absolute Gasteiger partial charge is 0.354 e. The lowest BCUT2D eigenvalue weighted by atomic mass is 9.98. The van der Waals surface area contributed by atoms with Gasteiger partial charge in [0, 0.05) is 51.1 Å². The van der Waals surface area contributed by atoms with Gasteiger partial charge in [-0.15, -0.1) is 0 Å². The topological polar surface area (TPSA) is 75.9 Å². The van der Waals surface area contributed by atoms with Crippen molar-refractivity contribution in [3.63, 3.8) is 0 Å². The van der Waals surface area contributed by atoms with Crippen LogP contribution in [0.15, 0.2) is 12.3 Å². The van der Waals surface area contributed by atoms with Crippen LogP contribution < -0.4 is 5.32 Å². The molecule has 0 aromatic carbocycles. The van der Waals surface area contributed by atoms with Crippen molar-refractivity contribution >= 4 is 11.9 Å². The van der Waals surface area contributed by atoms with Crippen molar-refractivity contribution in [1.29, 1.82) is 0 Å². The highest BCUT2D eigenvalue weighted by Gasteiger charge is 2.21. The Balaban J connectivity index is 1.69. The molecule has 134 valence electrons. The second-order valence-electron chi connectivity index (χ2n) is 6.79. The molecule has 3 heterocycles. The van der Waals surface area contributed by atoms with Crippen LogP contribution in [-0.2, 0) is 11.8 Å². The van der Waals surface area contributed by atoms with Crippen LogP contribution in [0, 0.1) is 19.8 Å². The van der Waals surface area contributed by atoms with Crippen molar-refractivity contribution in [1.82, 2.24) is 24.6 Å². The molecule has 1 aliphatic heterocycles. The third kappa shape index (κ3) is 3.81. The van der Waals surface area contributed by atoms with Gasteiger partial charge >= 0.3 is 0 Å². The number of rotatable bonds is 4. The van der Waals surface area contributed by atoms with Gasteiger partial charge in [0.2, 0.25) is 11.9 Å². The number of piperidine rings is 1. The van der Waals surface area contributed by atoms with E-state index in [1.807, 2.05) is 36.5 Å². The summed E-state index contributed by atoms with van der Waals surface area (Å²) in [5.74, 6) is 1.22. The Morgan fingerprint density at radius 3 is 2.88 bits per heavy atom. The average Bonchev–Trinajstić information content (AvgIpc) is 2.86. The summed E-state index contributed by atoms with van der Waals surface area (Å²) < 4.78 is 1.87. The van der Waals surface area contributed by atoms with Gasteiger partial charge in [0.25, 0.3) is 0 Å². The first-order valence-corrected chi connectivity index (χ1v) is 8.78. The summed E-state index contributed by atoms with van der Waals surface area (Å²) in [6, 6.07) is 1.92. The van der Waals surface area contributed by atoms with E-state index in [-0.39, 0.29) is 5.91 Å². The summed E-state index contributed by atoms with van der Waals surface area (Å²) >= 11 is 0. The zero-order valence-corrected chi connectivity index (χ0v) is 15.4. The molecule has 0 spiro atoms. The molecule has 7 nitrogen and oxygen atoms in total. The number of aryl methyl sites for hydroxylation is 2. The average molecular weight is 342 g/mol. The Labute approximate surface area is 148 Å². The number of likely N-dealkylation sites (tertiary alicyclic amines) is 1. The number of hydrogen-bond acceptors (Lipinski definition) is 5. The molecule has 2 aromatic heterocycles. The van der Waals surface area contributed by atoms with E-state index in [1.54, 1.807) is 13.1 Å². The number of anilines is 1. The maximum Gasteiger partial charge on any atom is 0.223 e. The highest BCUT2D eigenvalue weighted by Crippen LogP contribution is 2.25. The second-order valence-corrected chi connectivity index (χ2v) is 6.79. The van der Waals surface area contributed by atoms with E-state index in [0.29, 0.717) is 11.9 Å². The van der Waals surface area contributed by atoms with Crippen LogP contribution in [0.1, 0.15) is 31.2 Å². The summed E-state index contributed by atoms with van der Waals surface area (Å²) in [6.45, 7) is 8.14. The van der Waals surface area contributed by atoms with Crippen molar-refractivity contribution in [2.45, 2.75) is 33.6 Å². The first-order valence-electron chi connectivity index (χ1n) is 8.78. The van der Waals surface area contributed by atoms with Gasteiger partial charge in [-0.3, -0.25) is 9.48 Å². The van der Waals surface area contributed by atoms with Crippen LogP contribution in [0.25, 0.3) is 11.3 Å². The van der Waals surface area contributed by atoms with E-state index in [1.165, 1.54) is 0 Å². The lowest BCUT2D eigenvalue weighted by molar-refractivity contribution is -0.130. The maximum atomic E-state index is 11.6. The maximum absolute atomic E-state index is 11.6. The predicted molar refractivity (Wildman–Crippen MR) is 97.2 cm³/mol. The molecule has 1 N–H and O–H groups in total. The fourth-order valence-corrected chi connectivity index (χ4v) is 3.48. The van der Waals surface area contributed by atoms with Gasteiger partial charge in [0.15, 0.2) is 0 Å². The minimum Gasteiger partial charge on any atom is -0.354 e. The van der Waals surface area contributed by atoms with E-state index in [2.05, 4.69) is 20.4 Å². The molecule has 25 heavy (non-hydrogen) atoms. The van der Waals surface area contributed by atoms with Crippen molar-refractivity contribution in [3.8, 4) is 11.3 Å². The molecule has 7 heteroatoms. The van der Waals surface area contributed by atoms with Crippen molar-refractivity contribution in [3.05, 3.63) is 23.7 Å². The van der Waals surface area contributed by atoms with E-state index in [9.17, 15) is 4.79 Å². The van der Waals surface area contributed by atoms with Gasteiger partial charge in [-0.2, -0.15) is 5.10 Å². The van der Waals surface area contributed by atoms with Crippen LogP contribution in [0.4, 0.5) is 5.95 Å². The molecule has 2 aromatic rings. The quantitative estimate of drug-likeness (QED) is 0.921. The molecule has 0 radical (unpaired) electrons. The Hall–Kier alpha value is -2.44. The lowest BCUT2D eigenvalue weighted by Crippen LogP contribution is -2.40. The monoisotopic (exact) mass is 342 g/mol. The Morgan fingerprint density at radius 2 is 2.20 bits per heavy atom. The number of amides is 1. The van der Waals surface area contributed by atoms with Crippen molar-refractivity contribution in [2.75, 3.05) is 25.0 Å². The smallest absolute Gasteiger partial charge is 0.223 e. The highest BCUT2D eigenvalue weighted by atomic mass is 16.2. The summed E-state index contributed by atoms with van der Waals surface area (Å²) in [4.78, 5) is 22.5. The summed E-state index contributed by atoms with van der Waals surface area (Å²) in [7, 11) is 1.94. The third-order valence-electron chi connectivity index (χ3n) is 4.93. The predicted octanol–water partition coefficient (Wildman–Crippen LogP) is 2.16. The van der Waals surface area contributed by atoms with Crippen molar-refractivity contribution < 1.29 is 4.79 Å². The first-order chi connectivity index (χ1) is 12.0. The van der Waals surface area contributed by atoms with E-state index in [0.717, 1.165) is 55.1 Å². The Bertz CT molecular complexity index is 769. The molecule has 1 saturated heterocycles. The van der Waals surface area contributed by atoms with Gasteiger partial charge in [-0.05, 0) is 38.7 Å². The molecule has 1 fully saturated rings. The van der Waals surface area contributed by atoms with Crippen molar-refractivity contribution in [2.24, 2.45) is 13.0 Å².